The van der Waals surface area contributed by atoms with Gasteiger partial charge < -0.3 is 5.11 Å². The maximum absolute atomic E-state index is 9.76. The third-order valence-electron chi connectivity index (χ3n) is 4.38. The van der Waals surface area contributed by atoms with E-state index in [1.54, 1.807) is 11.3 Å². The van der Waals surface area contributed by atoms with Gasteiger partial charge in [-0.05, 0) is 25.3 Å². The zero-order chi connectivity index (χ0) is 14.0. The van der Waals surface area contributed by atoms with E-state index < -0.39 is 6.10 Å². The number of thiazole rings is 1. The average molecular weight is 287 g/mol. The highest BCUT2D eigenvalue weighted by atomic mass is 32.1. The van der Waals surface area contributed by atoms with Crippen LogP contribution >= 0.6 is 11.3 Å². The lowest BCUT2D eigenvalue weighted by molar-refractivity contribution is 0.203. The van der Waals surface area contributed by atoms with Crippen molar-refractivity contribution in [1.29, 1.82) is 0 Å². The van der Waals surface area contributed by atoms with Crippen molar-refractivity contribution < 1.29 is 5.11 Å². The molecule has 1 saturated carbocycles. The van der Waals surface area contributed by atoms with E-state index >= 15 is 0 Å². The van der Waals surface area contributed by atoms with Crippen LogP contribution in [0.25, 0.3) is 0 Å². The lowest BCUT2D eigenvalue weighted by atomic mass is 9.70. The molecule has 3 rings (SSSR count). The van der Waals surface area contributed by atoms with Crippen LogP contribution < -0.4 is 0 Å². The molecule has 20 heavy (non-hydrogen) atoms. The Morgan fingerprint density at radius 2 is 1.85 bits per heavy atom. The van der Waals surface area contributed by atoms with Gasteiger partial charge in [0.05, 0.1) is 11.0 Å². The maximum Gasteiger partial charge on any atom is 0.103 e. The Morgan fingerprint density at radius 1 is 1.15 bits per heavy atom. The highest BCUT2D eigenvalue weighted by molar-refractivity contribution is 7.11. The second kappa shape index (κ2) is 5.66. The van der Waals surface area contributed by atoms with E-state index in [1.807, 2.05) is 13.1 Å². The van der Waals surface area contributed by atoms with Gasteiger partial charge in [-0.1, -0.05) is 49.6 Å². The number of rotatable bonds is 3. The first-order chi connectivity index (χ1) is 9.72. The zero-order valence-corrected chi connectivity index (χ0v) is 12.7. The summed E-state index contributed by atoms with van der Waals surface area (Å²) in [4.78, 5) is 5.64. The van der Waals surface area contributed by atoms with Crippen molar-refractivity contribution in [1.82, 2.24) is 4.98 Å². The van der Waals surface area contributed by atoms with Crippen molar-refractivity contribution in [2.45, 2.75) is 50.5 Å². The van der Waals surface area contributed by atoms with Crippen molar-refractivity contribution in [3.8, 4) is 0 Å². The van der Waals surface area contributed by atoms with Crippen molar-refractivity contribution >= 4 is 11.3 Å². The van der Waals surface area contributed by atoms with Gasteiger partial charge in [0.1, 0.15) is 5.01 Å². The molecule has 2 aromatic rings. The summed E-state index contributed by atoms with van der Waals surface area (Å²) in [5, 5.41) is 10.9. The lowest BCUT2D eigenvalue weighted by Crippen LogP contribution is -2.30. The van der Waals surface area contributed by atoms with Crippen molar-refractivity contribution in [3.05, 3.63) is 52.0 Å². The van der Waals surface area contributed by atoms with Crippen LogP contribution in [-0.4, -0.2) is 10.1 Å². The van der Waals surface area contributed by atoms with Gasteiger partial charge in [0.15, 0.2) is 0 Å². The minimum atomic E-state index is -0.419. The summed E-state index contributed by atoms with van der Waals surface area (Å²) in [5.74, 6) is 0. The Labute approximate surface area is 124 Å². The molecule has 106 valence electrons. The predicted octanol–water partition coefficient (Wildman–Crippen LogP) is 4.45. The minimum Gasteiger partial charge on any atom is -0.388 e. The Kier molecular flexibility index (Phi) is 3.90. The molecule has 1 heterocycles. The molecule has 1 N–H and O–H groups in total. The van der Waals surface area contributed by atoms with E-state index in [-0.39, 0.29) is 5.41 Å². The van der Waals surface area contributed by atoms with E-state index in [2.05, 4.69) is 35.3 Å². The molecule has 1 aromatic carbocycles. The number of aliphatic hydroxyl groups is 1. The predicted molar refractivity (Wildman–Crippen MR) is 83.1 cm³/mol. The Balaban J connectivity index is 2.05. The van der Waals surface area contributed by atoms with Crippen molar-refractivity contribution in [2.75, 3.05) is 0 Å². The molecule has 1 unspecified atom stereocenters. The highest BCUT2D eigenvalue weighted by Crippen LogP contribution is 2.46. The summed E-state index contributed by atoms with van der Waals surface area (Å²) >= 11 is 1.68. The SMILES string of the molecule is CC(O)c1cnc(C2(c3ccccc3)CCCCC2)s1. The summed E-state index contributed by atoms with van der Waals surface area (Å²) < 4.78 is 0. The van der Waals surface area contributed by atoms with Gasteiger partial charge in [0.2, 0.25) is 0 Å². The van der Waals surface area contributed by atoms with Gasteiger partial charge in [0, 0.05) is 11.6 Å². The van der Waals surface area contributed by atoms with Crippen LogP contribution in [-0.2, 0) is 5.41 Å². The van der Waals surface area contributed by atoms with E-state index in [1.165, 1.54) is 42.7 Å². The molecule has 2 nitrogen and oxygen atoms in total. The fourth-order valence-electron chi connectivity index (χ4n) is 3.24. The van der Waals surface area contributed by atoms with Gasteiger partial charge in [-0.2, -0.15) is 0 Å². The molecule has 1 aliphatic carbocycles. The molecule has 0 radical (unpaired) electrons. The molecule has 0 bridgehead atoms. The molecule has 1 atom stereocenters. The molecular formula is C17H21NOS. The minimum absolute atomic E-state index is 0.0668. The molecule has 0 spiro atoms. The number of benzene rings is 1. The molecule has 1 fully saturated rings. The van der Waals surface area contributed by atoms with Crippen LogP contribution in [0.2, 0.25) is 0 Å². The fraction of sp³-hybridized carbons (Fsp3) is 0.471. The topological polar surface area (TPSA) is 33.1 Å². The summed E-state index contributed by atoms with van der Waals surface area (Å²) in [6.45, 7) is 1.81. The van der Waals surface area contributed by atoms with Crippen LogP contribution in [0, 0.1) is 0 Å². The van der Waals surface area contributed by atoms with Crippen LogP contribution in [0.1, 0.15) is 60.6 Å². The lowest BCUT2D eigenvalue weighted by Gasteiger charge is -2.36. The number of hydrogen-bond donors (Lipinski definition) is 1. The summed E-state index contributed by atoms with van der Waals surface area (Å²) in [6.07, 6.45) is 7.62. The normalized spacial score (nSPS) is 19.7. The van der Waals surface area contributed by atoms with Crippen LogP contribution in [0.3, 0.4) is 0 Å². The number of nitrogens with zero attached hydrogens (tertiary/aromatic N) is 1. The van der Waals surface area contributed by atoms with Gasteiger partial charge in [-0.25, -0.2) is 4.98 Å². The van der Waals surface area contributed by atoms with Gasteiger partial charge >= 0.3 is 0 Å². The average Bonchev–Trinajstić information content (AvgIpc) is 2.99. The van der Waals surface area contributed by atoms with E-state index in [9.17, 15) is 5.11 Å². The van der Waals surface area contributed by atoms with Crippen LogP contribution in [0.4, 0.5) is 0 Å². The van der Waals surface area contributed by atoms with Gasteiger partial charge in [-0.15, -0.1) is 11.3 Å². The highest BCUT2D eigenvalue weighted by Gasteiger charge is 2.38. The Morgan fingerprint density at radius 3 is 2.45 bits per heavy atom. The van der Waals surface area contributed by atoms with Gasteiger partial charge in [-0.3, -0.25) is 0 Å². The first kappa shape index (κ1) is 13.8. The molecule has 1 aromatic heterocycles. The Hall–Kier alpha value is -1.19. The monoisotopic (exact) mass is 287 g/mol. The molecule has 1 aliphatic rings. The third-order valence-corrected chi connectivity index (χ3v) is 5.75. The van der Waals surface area contributed by atoms with E-state index in [4.69, 9.17) is 0 Å². The van der Waals surface area contributed by atoms with Crippen LogP contribution in [0.15, 0.2) is 36.5 Å². The first-order valence-electron chi connectivity index (χ1n) is 7.42. The molecule has 0 saturated heterocycles. The van der Waals surface area contributed by atoms with Crippen LogP contribution in [0.5, 0.6) is 0 Å². The second-order valence-electron chi connectivity index (χ2n) is 5.75. The molecule has 0 amide bonds. The third kappa shape index (κ3) is 2.40. The fourth-order valence-corrected chi connectivity index (χ4v) is 4.36. The van der Waals surface area contributed by atoms with E-state index in [0.29, 0.717) is 0 Å². The number of hydrogen-bond acceptors (Lipinski definition) is 3. The summed E-state index contributed by atoms with van der Waals surface area (Å²) in [7, 11) is 0. The number of aromatic nitrogens is 1. The first-order valence-corrected chi connectivity index (χ1v) is 8.24. The molecule has 0 aliphatic heterocycles. The summed E-state index contributed by atoms with van der Waals surface area (Å²) in [6, 6.07) is 10.8. The van der Waals surface area contributed by atoms with Crippen molar-refractivity contribution in [2.24, 2.45) is 0 Å². The standard InChI is InChI=1S/C17H21NOS/c1-13(19)15-12-18-16(20-15)17(10-6-3-7-11-17)14-8-4-2-5-9-14/h2,4-5,8-9,12-13,19H,3,6-7,10-11H2,1H3. The quantitative estimate of drug-likeness (QED) is 0.905. The maximum atomic E-state index is 9.76. The second-order valence-corrected chi connectivity index (χ2v) is 6.81. The molecule has 3 heteroatoms. The molecular weight excluding hydrogens is 266 g/mol. The largest absolute Gasteiger partial charge is 0.388 e. The number of aliphatic hydroxyl groups excluding tert-OH is 1. The smallest absolute Gasteiger partial charge is 0.103 e. The van der Waals surface area contributed by atoms with E-state index in [0.717, 1.165) is 4.88 Å². The Bertz CT molecular complexity index is 555. The zero-order valence-electron chi connectivity index (χ0n) is 11.9. The van der Waals surface area contributed by atoms with Crippen molar-refractivity contribution in [3.63, 3.8) is 0 Å². The van der Waals surface area contributed by atoms with Gasteiger partial charge in [0.25, 0.3) is 0 Å². The summed E-state index contributed by atoms with van der Waals surface area (Å²) in [5.41, 5.74) is 1.45.